The zero-order valence-corrected chi connectivity index (χ0v) is 9.83. The lowest BCUT2D eigenvalue weighted by molar-refractivity contribution is -0.169. The Morgan fingerprint density at radius 2 is 2.07 bits per heavy atom. The molecule has 0 unspecified atom stereocenters. The quantitative estimate of drug-likeness (QED) is 0.722. The Morgan fingerprint density at radius 1 is 1.40 bits per heavy atom. The third-order valence-corrected chi connectivity index (χ3v) is 4.90. The summed E-state index contributed by atoms with van der Waals surface area (Å²) in [6.45, 7) is 8.88. The lowest BCUT2D eigenvalue weighted by Gasteiger charge is -2.48. The lowest BCUT2D eigenvalue weighted by atomic mass is 9.65. The van der Waals surface area contributed by atoms with E-state index in [2.05, 4.69) is 20.4 Å². The van der Waals surface area contributed by atoms with Crippen molar-refractivity contribution in [1.82, 2.24) is 0 Å². The topological polar surface area (TPSA) is 29.5 Å². The van der Waals surface area contributed by atoms with Crippen molar-refractivity contribution in [1.29, 1.82) is 0 Å². The molecule has 2 aliphatic rings. The molecule has 2 heteroatoms. The molecule has 0 aliphatic heterocycles. The van der Waals surface area contributed by atoms with Crippen molar-refractivity contribution in [3.8, 4) is 0 Å². The Hall–Kier alpha value is -0.340. The number of aliphatic hydroxyl groups excluding tert-OH is 1. The summed E-state index contributed by atoms with van der Waals surface area (Å²) in [5, 5.41) is 9.74. The van der Waals surface area contributed by atoms with Gasteiger partial charge in [0.25, 0.3) is 0 Å². The first kappa shape index (κ1) is 11.2. The van der Waals surface area contributed by atoms with Crippen LogP contribution in [0.15, 0.2) is 12.7 Å². The Labute approximate surface area is 92.3 Å². The highest BCUT2D eigenvalue weighted by atomic mass is 16.5. The molecule has 0 saturated heterocycles. The highest BCUT2D eigenvalue weighted by Crippen LogP contribution is 2.62. The van der Waals surface area contributed by atoms with Crippen molar-refractivity contribution < 1.29 is 9.84 Å². The second-order valence-corrected chi connectivity index (χ2v) is 5.58. The maximum Gasteiger partial charge on any atom is 0.0997 e. The molecule has 0 aromatic rings. The molecule has 0 amide bonds. The summed E-state index contributed by atoms with van der Waals surface area (Å²) in [6, 6.07) is 0. The molecule has 0 spiro atoms. The van der Waals surface area contributed by atoms with Crippen molar-refractivity contribution in [2.75, 3.05) is 13.2 Å². The van der Waals surface area contributed by atoms with Crippen LogP contribution in [0.3, 0.4) is 0 Å². The van der Waals surface area contributed by atoms with Crippen LogP contribution in [0, 0.1) is 17.3 Å². The minimum atomic E-state index is -0.315. The minimum absolute atomic E-state index is 0.105. The molecule has 3 atom stereocenters. The Morgan fingerprint density at radius 3 is 2.53 bits per heavy atom. The van der Waals surface area contributed by atoms with E-state index in [9.17, 15) is 5.11 Å². The van der Waals surface area contributed by atoms with Gasteiger partial charge in [-0.1, -0.05) is 19.9 Å². The molecule has 2 bridgehead atoms. The van der Waals surface area contributed by atoms with Crippen LogP contribution in [0.25, 0.3) is 0 Å². The van der Waals surface area contributed by atoms with Gasteiger partial charge in [0, 0.05) is 0 Å². The van der Waals surface area contributed by atoms with Crippen LogP contribution in [0.4, 0.5) is 0 Å². The first-order valence-corrected chi connectivity index (χ1v) is 5.94. The van der Waals surface area contributed by atoms with Crippen LogP contribution in [0.2, 0.25) is 0 Å². The van der Waals surface area contributed by atoms with Crippen molar-refractivity contribution in [3.63, 3.8) is 0 Å². The highest BCUT2D eigenvalue weighted by Gasteiger charge is 2.63. The van der Waals surface area contributed by atoms with Gasteiger partial charge >= 0.3 is 0 Å². The van der Waals surface area contributed by atoms with E-state index in [0.717, 1.165) is 5.92 Å². The van der Waals surface area contributed by atoms with Gasteiger partial charge in [0.1, 0.15) is 0 Å². The summed E-state index contributed by atoms with van der Waals surface area (Å²) in [5.74, 6) is 1.27. The van der Waals surface area contributed by atoms with E-state index in [0.29, 0.717) is 12.5 Å². The molecule has 0 aromatic carbocycles. The number of aliphatic hydroxyl groups is 1. The largest absolute Gasteiger partial charge is 0.393 e. The molecule has 0 radical (unpaired) electrons. The summed E-state index contributed by atoms with van der Waals surface area (Å²) in [6.07, 6.45) is 5.52. The highest BCUT2D eigenvalue weighted by molar-refractivity contribution is 5.13. The zero-order valence-electron chi connectivity index (χ0n) is 9.83. The number of rotatable bonds is 4. The Balaban J connectivity index is 2.26. The average Bonchev–Trinajstić information content (AvgIpc) is 2.75. The Kier molecular flexibility index (Phi) is 2.68. The normalized spacial score (nSPS) is 42.1. The summed E-state index contributed by atoms with van der Waals surface area (Å²) < 4.78 is 5.97. The minimum Gasteiger partial charge on any atom is -0.393 e. The standard InChI is InChI=1S/C13H22O2/c1-4-7-15-13(9-14)11-6-5-10(8-11)12(13,2)3/h4,10-11,14H,1,5-9H2,2-3H3/t10-,11+,13-/m0/s1. The predicted octanol–water partition coefficient (Wildman–Crippen LogP) is 2.38. The van der Waals surface area contributed by atoms with Gasteiger partial charge in [0.05, 0.1) is 18.8 Å². The van der Waals surface area contributed by atoms with E-state index >= 15 is 0 Å². The van der Waals surface area contributed by atoms with Crippen LogP contribution in [-0.2, 0) is 4.74 Å². The first-order chi connectivity index (χ1) is 7.08. The fraction of sp³-hybridized carbons (Fsp3) is 0.846. The third kappa shape index (κ3) is 1.31. The lowest BCUT2D eigenvalue weighted by Crippen LogP contribution is -2.54. The van der Waals surface area contributed by atoms with E-state index in [1.807, 2.05) is 0 Å². The van der Waals surface area contributed by atoms with Crippen LogP contribution < -0.4 is 0 Å². The number of hydrogen-bond donors (Lipinski definition) is 1. The van der Waals surface area contributed by atoms with Crippen LogP contribution in [-0.4, -0.2) is 23.9 Å². The van der Waals surface area contributed by atoms with Gasteiger partial charge in [0.2, 0.25) is 0 Å². The molecule has 86 valence electrons. The van der Waals surface area contributed by atoms with Gasteiger partial charge in [-0.25, -0.2) is 0 Å². The molecule has 2 saturated carbocycles. The van der Waals surface area contributed by atoms with E-state index in [4.69, 9.17) is 4.74 Å². The van der Waals surface area contributed by atoms with Crippen molar-refractivity contribution >= 4 is 0 Å². The van der Waals surface area contributed by atoms with Gasteiger partial charge in [0.15, 0.2) is 0 Å². The van der Waals surface area contributed by atoms with Crippen LogP contribution in [0.5, 0.6) is 0 Å². The van der Waals surface area contributed by atoms with Crippen LogP contribution in [0.1, 0.15) is 33.1 Å². The third-order valence-electron chi connectivity index (χ3n) is 4.90. The summed E-state index contributed by atoms with van der Waals surface area (Å²) in [7, 11) is 0. The molecule has 1 N–H and O–H groups in total. The number of fused-ring (bicyclic) bond motifs is 2. The Bertz CT molecular complexity index is 259. The second-order valence-electron chi connectivity index (χ2n) is 5.58. The summed E-state index contributed by atoms with van der Waals surface area (Å²) in [5.41, 5.74) is -0.211. The number of hydrogen-bond acceptors (Lipinski definition) is 2. The molecule has 2 nitrogen and oxygen atoms in total. The van der Waals surface area contributed by atoms with Crippen molar-refractivity contribution in [3.05, 3.63) is 12.7 Å². The van der Waals surface area contributed by atoms with E-state index in [-0.39, 0.29) is 17.6 Å². The maximum atomic E-state index is 9.74. The molecular formula is C13H22O2. The fourth-order valence-electron chi connectivity index (χ4n) is 3.82. The second kappa shape index (κ2) is 3.60. The smallest absolute Gasteiger partial charge is 0.0997 e. The molecule has 2 rings (SSSR count). The summed E-state index contributed by atoms with van der Waals surface area (Å²) in [4.78, 5) is 0. The molecule has 15 heavy (non-hydrogen) atoms. The maximum absolute atomic E-state index is 9.74. The molecule has 0 heterocycles. The van der Waals surface area contributed by atoms with Crippen LogP contribution >= 0.6 is 0 Å². The SMILES string of the molecule is C=CCO[C@@]1(CO)[C@@H]2CC[C@@H](C2)C1(C)C. The van der Waals surface area contributed by atoms with Gasteiger partial charge in [-0.3, -0.25) is 0 Å². The van der Waals surface area contributed by atoms with Gasteiger partial charge in [-0.2, -0.15) is 0 Å². The van der Waals surface area contributed by atoms with Gasteiger partial charge < -0.3 is 9.84 Å². The van der Waals surface area contributed by atoms with E-state index in [1.165, 1.54) is 19.3 Å². The van der Waals surface area contributed by atoms with Gasteiger partial charge in [-0.15, -0.1) is 6.58 Å². The summed E-state index contributed by atoms with van der Waals surface area (Å²) >= 11 is 0. The van der Waals surface area contributed by atoms with E-state index in [1.54, 1.807) is 6.08 Å². The van der Waals surface area contributed by atoms with Gasteiger partial charge in [-0.05, 0) is 36.5 Å². The fourth-order valence-corrected chi connectivity index (χ4v) is 3.82. The van der Waals surface area contributed by atoms with Crippen molar-refractivity contribution in [2.24, 2.45) is 17.3 Å². The molecule has 0 aromatic heterocycles. The molecular weight excluding hydrogens is 188 g/mol. The predicted molar refractivity (Wildman–Crippen MR) is 60.6 cm³/mol. The first-order valence-electron chi connectivity index (χ1n) is 5.94. The van der Waals surface area contributed by atoms with E-state index < -0.39 is 0 Å². The molecule has 2 fully saturated rings. The van der Waals surface area contributed by atoms with Crippen molar-refractivity contribution in [2.45, 2.75) is 38.7 Å². The number of ether oxygens (including phenoxy) is 1. The zero-order chi connectivity index (χ0) is 11.1. The average molecular weight is 210 g/mol. The monoisotopic (exact) mass is 210 g/mol. The molecule has 2 aliphatic carbocycles.